The highest BCUT2D eigenvalue weighted by Gasteiger charge is 2.66. The van der Waals surface area contributed by atoms with Crippen molar-refractivity contribution >= 4 is 18.9 Å². The Balaban J connectivity index is 3.55. The Morgan fingerprint density at radius 1 is 1.17 bits per heavy atom. The molecule has 0 aliphatic carbocycles. The van der Waals surface area contributed by atoms with Crippen molar-refractivity contribution in [3.8, 4) is 0 Å². The fourth-order valence-electron chi connectivity index (χ4n) is 1.46. The molecule has 0 aromatic carbocycles. The third kappa shape index (κ3) is 4.55. The van der Waals surface area contributed by atoms with E-state index in [9.17, 15) is 26.5 Å². The molecule has 130 valence electrons. The van der Waals surface area contributed by atoms with Crippen molar-refractivity contribution in [3.63, 3.8) is 0 Å². The summed E-state index contributed by atoms with van der Waals surface area (Å²) in [5.74, 6) is -5.99. The number of pyridine rings is 1. The lowest BCUT2D eigenvalue weighted by molar-refractivity contribution is -0.248. The third-order valence-corrected chi connectivity index (χ3v) is 4.46. The molecule has 0 aliphatic rings. The second kappa shape index (κ2) is 7.46. The number of hydrogen-bond acceptors (Lipinski definition) is 5. The minimum Gasteiger partial charge on any atom is -0.305 e. The SMILES string of the molecule is CCOP(=O)(OCC)/C(=N/c1ccccn1)C(F)(F)C(F)(F)F. The molecular weight excluding hydrogens is 346 g/mol. The van der Waals surface area contributed by atoms with Crippen LogP contribution >= 0.6 is 7.60 Å². The Bertz CT molecular complexity index is 582. The number of aliphatic imine (C=N–C) groups is 1. The summed E-state index contributed by atoms with van der Waals surface area (Å²) in [6, 6.07) is 3.81. The minimum absolute atomic E-state index is 0.410. The first kappa shape index (κ1) is 19.7. The van der Waals surface area contributed by atoms with Gasteiger partial charge in [-0.3, -0.25) is 4.57 Å². The summed E-state index contributed by atoms with van der Waals surface area (Å²) in [5.41, 5.74) is -2.04. The lowest BCUT2D eigenvalue weighted by atomic mass is 10.3. The number of nitrogens with zero attached hydrogens (tertiary/aromatic N) is 2. The van der Waals surface area contributed by atoms with Gasteiger partial charge in [-0.2, -0.15) is 22.0 Å². The molecule has 0 atom stereocenters. The van der Waals surface area contributed by atoms with Crippen molar-refractivity contribution in [2.24, 2.45) is 4.99 Å². The van der Waals surface area contributed by atoms with E-state index in [4.69, 9.17) is 0 Å². The van der Waals surface area contributed by atoms with Crippen LogP contribution in [0.3, 0.4) is 0 Å². The first-order chi connectivity index (χ1) is 10.6. The summed E-state index contributed by atoms with van der Waals surface area (Å²) >= 11 is 0. The molecular formula is C12H14F5N2O3P. The predicted octanol–water partition coefficient (Wildman–Crippen LogP) is 4.58. The topological polar surface area (TPSA) is 60.8 Å². The summed E-state index contributed by atoms with van der Waals surface area (Å²) < 4.78 is 87.3. The Labute approximate surface area is 129 Å². The van der Waals surface area contributed by atoms with E-state index in [1.807, 2.05) is 0 Å². The molecule has 0 radical (unpaired) electrons. The molecule has 11 heteroatoms. The second-order valence-corrected chi connectivity index (χ2v) is 5.96. The number of rotatable bonds is 7. The number of hydrogen-bond donors (Lipinski definition) is 0. The summed E-state index contributed by atoms with van der Waals surface area (Å²) in [7, 11) is -4.97. The average molecular weight is 360 g/mol. The Morgan fingerprint density at radius 2 is 1.74 bits per heavy atom. The van der Waals surface area contributed by atoms with Crippen molar-refractivity contribution < 1.29 is 35.6 Å². The van der Waals surface area contributed by atoms with Crippen LogP contribution in [-0.2, 0) is 13.6 Å². The normalized spacial score (nSPS) is 14.1. The largest absolute Gasteiger partial charge is 0.460 e. The van der Waals surface area contributed by atoms with E-state index < -0.39 is 44.2 Å². The summed E-state index contributed by atoms with van der Waals surface area (Å²) in [4.78, 5) is 6.66. The molecule has 1 rings (SSSR count). The molecule has 23 heavy (non-hydrogen) atoms. The van der Waals surface area contributed by atoms with Crippen LogP contribution in [0.15, 0.2) is 29.4 Å². The highest BCUT2D eigenvalue weighted by atomic mass is 31.2. The van der Waals surface area contributed by atoms with Crippen molar-refractivity contribution in [1.82, 2.24) is 4.98 Å². The quantitative estimate of drug-likeness (QED) is 0.406. The molecule has 0 aliphatic heterocycles. The van der Waals surface area contributed by atoms with Gasteiger partial charge in [-0.15, -0.1) is 0 Å². The standard InChI is InChI=1S/C12H14F5N2O3P/c1-3-21-23(20,22-4-2)10(11(13,14)12(15,16)17)19-9-7-5-6-8-18-9/h5-8H,3-4H2,1-2H3/b19-10+. The Kier molecular flexibility index (Phi) is 6.38. The van der Waals surface area contributed by atoms with Gasteiger partial charge in [0, 0.05) is 6.20 Å². The molecule has 0 bridgehead atoms. The average Bonchev–Trinajstić information content (AvgIpc) is 2.45. The minimum atomic E-state index is -6.02. The highest BCUT2D eigenvalue weighted by molar-refractivity contribution is 7.72. The van der Waals surface area contributed by atoms with Crippen LogP contribution in [-0.4, -0.2) is 35.7 Å². The van der Waals surface area contributed by atoms with E-state index in [-0.39, 0.29) is 0 Å². The third-order valence-electron chi connectivity index (χ3n) is 2.36. The van der Waals surface area contributed by atoms with Crippen LogP contribution < -0.4 is 0 Å². The molecule has 1 aromatic rings. The zero-order valence-corrected chi connectivity index (χ0v) is 13.1. The lowest BCUT2D eigenvalue weighted by Gasteiger charge is -2.26. The second-order valence-electron chi connectivity index (χ2n) is 4.03. The van der Waals surface area contributed by atoms with Gasteiger partial charge in [-0.05, 0) is 26.0 Å². The fourth-order valence-corrected chi connectivity index (χ4v) is 3.15. The van der Waals surface area contributed by atoms with Gasteiger partial charge in [0.05, 0.1) is 13.2 Å². The van der Waals surface area contributed by atoms with Crippen LogP contribution in [0, 0.1) is 0 Å². The maximum Gasteiger partial charge on any atom is 0.460 e. The maximum absolute atomic E-state index is 13.8. The number of halogens is 5. The molecule has 5 nitrogen and oxygen atoms in total. The van der Waals surface area contributed by atoms with Crippen molar-refractivity contribution in [1.29, 1.82) is 0 Å². The van der Waals surface area contributed by atoms with E-state index in [0.717, 1.165) is 12.3 Å². The van der Waals surface area contributed by atoms with Gasteiger partial charge >= 0.3 is 19.7 Å². The van der Waals surface area contributed by atoms with E-state index in [0.29, 0.717) is 0 Å². The van der Waals surface area contributed by atoms with Gasteiger partial charge in [0.15, 0.2) is 5.82 Å². The van der Waals surface area contributed by atoms with Crippen LogP contribution in [0.1, 0.15) is 13.8 Å². The molecule has 0 fully saturated rings. The summed E-state index contributed by atoms with van der Waals surface area (Å²) in [5, 5.41) is 0. The van der Waals surface area contributed by atoms with Gasteiger partial charge in [-0.1, -0.05) is 6.07 Å². The molecule has 0 saturated carbocycles. The van der Waals surface area contributed by atoms with Gasteiger partial charge in [0.2, 0.25) is 5.45 Å². The number of aromatic nitrogens is 1. The summed E-state index contributed by atoms with van der Waals surface area (Å²) in [6.07, 6.45) is -4.89. The molecule has 0 spiro atoms. The molecule has 0 saturated heterocycles. The van der Waals surface area contributed by atoms with Crippen LogP contribution in [0.2, 0.25) is 0 Å². The molecule has 0 unspecified atom stereocenters. The van der Waals surface area contributed by atoms with Crippen molar-refractivity contribution in [3.05, 3.63) is 24.4 Å². The smallest absolute Gasteiger partial charge is 0.305 e. The first-order valence-corrected chi connectivity index (χ1v) is 7.97. The van der Waals surface area contributed by atoms with Gasteiger partial charge in [0.1, 0.15) is 0 Å². The molecule has 0 N–H and O–H groups in total. The monoisotopic (exact) mass is 360 g/mol. The maximum atomic E-state index is 13.8. The van der Waals surface area contributed by atoms with E-state index in [2.05, 4.69) is 19.0 Å². The van der Waals surface area contributed by atoms with Crippen LogP contribution in [0.5, 0.6) is 0 Å². The predicted molar refractivity (Wildman–Crippen MR) is 73.2 cm³/mol. The van der Waals surface area contributed by atoms with Gasteiger partial charge < -0.3 is 9.05 Å². The Hall–Kier alpha value is -1.38. The first-order valence-electron chi connectivity index (χ1n) is 6.43. The van der Waals surface area contributed by atoms with Crippen molar-refractivity contribution in [2.45, 2.75) is 25.9 Å². The molecule has 0 amide bonds. The number of alkyl halides is 5. The van der Waals surface area contributed by atoms with E-state index in [1.165, 1.54) is 26.0 Å². The Morgan fingerprint density at radius 3 is 2.13 bits per heavy atom. The molecule has 1 aromatic heterocycles. The zero-order chi connectivity index (χ0) is 17.7. The van der Waals surface area contributed by atoms with Crippen molar-refractivity contribution in [2.75, 3.05) is 13.2 Å². The van der Waals surface area contributed by atoms with Crippen LogP contribution in [0.4, 0.5) is 27.8 Å². The van der Waals surface area contributed by atoms with Gasteiger partial charge in [0.25, 0.3) is 0 Å². The van der Waals surface area contributed by atoms with E-state index >= 15 is 0 Å². The lowest BCUT2D eigenvalue weighted by Crippen LogP contribution is -2.44. The van der Waals surface area contributed by atoms with Gasteiger partial charge in [-0.25, -0.2) is 9.98 Å². The highest BCUT2D eigenvalue weighted by Crippen LogP contribution is 2.57. The molecule has 1 heterocycles. The summed E-state index contributed by atoms with van der Waals surface area (Å²) in [6.45, 7) is 1.73. The fraction of sp³-hybridized carbons (Fsp3) is 0.500. The van der Waals surface area contributed by atoms with Crippen LogP contribution in [0.25, 0.3) is 0 Å². The zero-order valence-electron chi connectivity index (χ0n) is 12.2. The van der Waals surface area contributed by atoms with E-state index in [1.54, 1.807) is 0 Å².